The zero-order valence-corrected chi connectivity index (χ0v) is 14.7. The van der Waals surface area contributed by atoms with Crippen LogP contribution in [0.15, 0.2) is 71.7 Å². The van der Waals surface area contributed by atoms with Crippen LogP contribution in [-0.4, -0.2) is 15.4 Å². The van der Waals surface area contributed by atoms with Crippen molar-refractivity contribution < 1.29 is 9.72 Å². The molecule has 136 valence electrons. The lowest BCUT2D eigenvalue weighted by Gasteiger charge is -2.09. The number of halogens is 1. The second-order valence-corrected chi connectivity index (χ2v) is 6.18. The maximum atomic E-state index is 12.6. The standard InChI is InChI=1S/C19H14ClN3O4/c20-14-5-3-13(4-6-14)12-22-11-1-2-17(19(22)25)18(24)21-15-7-9-16(10-8-15)23(26)27/h1-11H,12H2,(H,21,24). The lowest BCUT2D eigenvalue weighted by atomic mass is 10.2. The van der Waals surface area contributed by atoms with Crippen molar-refractivity contribution in [2.24, 2.45) is 0 Å². The maximum absolute atomic E-state index is 12.6. The second-order valence-electron chi connectivity index (χ2n) is 5.74. The van der Waals surface area contributed by atoms with Crippen LogP contribution >= 0.6 is 11.6 Å². The van der Waals surface area contributed by atoms with Crippen molar-refractivity contribution in [1.29, 1.82) is 0 Å². The highest BCUT2D eigenvalue weighted by atomic mass is 35.5. The Morgan fingerprint density at radius 3 is 2.37 bits per heavy atom. The van der Waals surface area contributed by atoms with E-state index in [4.69, 9.17) is 11.6 Å². The second kappa shape index (κ2) is 7.84. The molecular formula is C19H14ClN3O4. The van der Waals surface area contributed by atoms with E-state index >= 15 is 0 Å². The summed E-state index contributed by atoms with van der Waals surface area (Å²) >= 11 is 5.86. The first-order valence-corrected chi connectivity index (χ1v) is 8.31. The third-order valence-electron chi connectivity index (χ3n) is 3.87. The number of amides is 1. The molecule has 1 heterocycles. The molecule has 3 rings (SSSR count). The fourth-order valence-electron chi connectivity index (χ4n) is 2.49. The first kappa shape index (κ1) is 18.3. The van der Waals surface area contributed by atoms with Crippen molar-refractivity contribution in [2.75, 3.05) is 5.32 Å². The van der Waals surface area contributed by atoms with E-state index in [0.717, 1.165) is 5.56 Å². The highest BCUT2D eigenvalue weighted by Gasteiger charge is 2.13. The Kier molecular flexibility index (Phi) is 5.33. The predicted molar refractivity (Wildman–Crippen MR) is 102 cm³/mol. The molecule has 0 radical (unpaired) electrons. The van der Waals surface area contributed by atoms with Crippen molar-refractivity contribution >= 4 is 28.9 Å². The molecule has 0 unspecified atom stereocenters. The molecule has 0 bridgehead atoms. The van der Waals surface area contributed by atoms with Gasteiger partial charge in [-0.25, -0.2) is 0 Å². The molecule has 27 heavy (non-hydrogen) atoms. The minimum absolute atomic E-state index is 0.0233. The minimum Gasteiger partial charge on any atom is -0.322 e. The summed E-state index contributed by atoms with van der Waals surface area (Å²) in [6.45, 7) is 0.300. The molecule has 0 aliphatic rings. The normalized spacial score (nSPS) is 10.4. The van der Waals surface area contributed by atoms with E-state index in [1.54, 1.807) is 36.5 Å². The van der Waals surface area contributed by atoms with E-state index in [9.17, 15) is 19.7 Å². The average Bonchev–Trinajstić information content (AvgIpc) is 2.65. The Balaban J connectivity index is 1.80. The Hall–Kier alpha value is -3.45. The highest BCUT2D eigenvalue weighted by molar-refractivity contribution is 6.30. The van der Waals surface area contributed by atoms with Gasteiger partial charge in [-0.1, -0.05) is 23.7 Å². The summed E-state index contributed by atoms with van der Waals surface area (Å²) in [6, 6.07) is 15.5. The topological polar surface area (TPSA) is 94.2 Å². The van der Waals surface area contributed by atoms with Crippen LogP contribution in [-0.2, 0) is 6.54 Å². The Bertz CT molecular complexity index is 1040. The van der Waals surface area contributed by atoms with E-state index in [2.05, 4.69) is 5.32 Å². The van der Waals surface area contributed by atoms with Gasteiger partial charge in [0.2, 0.25) is 0 Å². The highest BCUT2D eigenvalue weighted by Crippen LogP contribution is 2.16. The number of pyridine rings is 1. The third-order valence-corrected chi connectivity index (χ3v) is 4.12. The van der Waals surface area contributed by atoms with Gasteiger partial charge >= 0.3 is 0 Å². The number of non-ortho nitro benzene ring substituents is 1. The summed E-state index contributed by atoms with van der Waals surface area (Å²) in [4.78, 5) is 35.2. The van der Waals surface area contributed by atoms with Crippen molar-refractivity contribution in [1.82, 2.24) is 4.57 Å². The fourth-order valence-corrected chi connectivity index (χ4v) is 2.61. The first-order valence-electron chi connectivity index (χ1n) is 7.94. The average molecular weight is 384 g/mol. The molecule has 0 atom stereocenters. The number of nitrogens with zero attached hydrogens (tertiary/aromatic N) is 2. The van der Waals surface area contributed by atoms with Gasteiger partial charge in [0.15, 0.2) is 0 Å². The molecular weight excluding hydrogens is 370 g/mol. The van der Waals surface area contributed by atoms with Gasteiger partial charge in [-0.15, -0.1) is 0 Å². The van der Waals surface area contributed by atoms with E-state index in [0.29, 0.717) is 17.3 Å². The van der Waals surface area contributed by atoms with Crippen LogP contribution in [0.25, 0.3) is 0 Å². The number of hydrogen-bond acceptors (Lipinski definition) is 4. The molecule has 0 saturated carbocycles. The van der Waals surface area contributed by atoms with E-state index < -0.39 is 16.4 Å². The number of benzene rings is 2. The molecule has 0 saturated heterocycles. The number of nitrogens with one attached hydrogen (secondary N) is 1. The van der Waals surface area contributed by atoms with Crippen molar-refractivity contribution in [2.45, 2.75) is 6.54 Å². The Morgan fingerprint density at radius 1 is 1.07 bits per heavy atom. The number of aromatic nitrogens is 1. The summed E-state index contributed by atoms with van der Waals surface area (Å²) in [6.07, 6.45) is 1.60. The van der Waals surface area contributed by atoms with Gasteiger partial charge in [-0.2, -0.15) is 0 Å². The maximum Gasteiger partial charge on any atom is 0.269 e. The summed E-state index contributed by atoms with van der Waals surface area (Å²) in [7, 11) is 0. The quantitative estimate of drug-likeness (QED) is 0.536. The summed E-state index contributed by atoms with van der Waals surface area (Å²) in [5.74, 6) is -0.584. The van der Waals surface area contributed by atoms with Gasteiger partial charge in [0.25, 0.3) is 17.2 Å². The Morgan fingerprint density at radius 2 is 1.74 bits per heavy atom. The van der Waals surface area contributed by atoms with Crippen molar-refractivity contribution in [3.8, 4) is 0 Å². The van der Waals surface area contributed by atoms with Gasteiger partial charge in [0.1, 0.15) is 5.56 Å². The zero-order chi connectivity index (χ0) is 19.4. The summed E-state index contributed by atoms with van der Waals surface area (Å²) in [5, 5.41) is 13.8. The summed E-state index contributed by atoms with van der Waals surface area (Å²) < 4.78 is 1.42. The largest absolute Gasteiger partial charge is 0.322 e. The molecule has 1 N–H and O–H groups in total. The molecule has 1 aromatic heterocycles. The molecule has 0 aliphatic heterocycles. The molecule has 0 aliphatic carbocycles. The van der Waals surface area contributed by atoms with Gasteiger partial charge in [0, 0.05) is 29.0 Å². The number of nitro groups is 1. The van der Waals surface area contributed by atoms with Crippen molar-refractivity contribution in [3.05, 3.63) is 103 Å². The van der Waals surface area contributed by atoms with Crippen LogP contribution in [0.4, 0.5) is 11.4 Å². The number of carbonyl (C=O) groups is 1. The summed E-state index contributed by atoms with van der Waals surface area (Å²) in [5.41, 5.74) is 0.683. The number of nitro benzene ring substituents is 1. The SMILES string of the molecule is O=C(Nc1ccc([N+](=O)[O-])cc1)c1cccn(Cc2ccc(Cl)cc2)c1=O. The molecule has 7 nitrogen and oxygen atoms in total. The third kappa shape index (κ3) is 4.39. The lowest BCUT2D eigenvalue weighted by molar-refractivity contribution is -0.384. The number of carbonyl (C=O) groups excluding carboxylic acids is 1. The van der Waals surface area contributed by atoms with Crippen LogP contribution in [0.1, 0.15) is 15.9 Å². The van der Waals surface area contributed by atoms with Crippen LogP contribution < -0.4 is 10.9 Å². The molecule has 0 spiro atoms. The van der Waals surface area contributed by atoms with E-state index in [1.165, 1.54) is 34.9 Å². The molecule has 2 aromatic carbocycles. The van der Waals surface area contributed by atoms with E-state index in [-0.39, 0.29) is 11.3 Å². The van der Waals surface area contributed by atoms with E-state index in [1.807, 2.05) is 0 Å². The van der Waals surface area contributed by atoms with Crippen LogP contribution in [0, 0.1) is 10.1 Å². The number of rotatable bonds is 5. The molecule has 1 amide bonds. The smallest absolute Gasteiger partial charge is 0.269 e. The van der Waals surface area contributed by atoms with Gasteiger partial charge in [-0.05, 0) is 42.0 Å². The molecule has 3 aromatic rings. The Labute approximate surface area is 159 Å². The first-order chi connectivity index (χ1) is 12.9. The van der Waals surface area contributed by atoms with Gasteiger partial charge in [-0.3, -0.25) is 19.7 Å². The monoisotopic (exact) mass is 383 g/mol. The van der Waals surface area contributed by atoms with Gasteiger partial charge in [0.05, 0.1) is 11.5 Å². The number of anilines is 1. The molecule has 0 fully saturated rings. The lowest BCUT2D eigenvalue weighted by Crippen LogP contribution is -2.29. The van der Waals surface area contributed by atoms with Crippen LogP contribution in [0.5, 0.6) is 0 Å². The fraction of sp³-hybridized carbons (Fsp3) is 0.0526. The van der Waals surface area contributed by atoms with Crippen LogP contribution in [0.3, 0.4) is 0 Å². The van der Waals surface area contributed by atoms with Gasteiger partial charge < -0.3 is 9.88 Å². The predicted octanol–water partition coefficient (Wildman–Crippen LogP) is 3.71. The zero-order valence-electron chi connectivity index (χ0n) is 14.0. The molecule has 8 heteroatoms. The number of hydrogen-bond donors (Lipinski definition) is 1. The van der Waals surface area contributed by atoms with Crippen molar-refractivity contribution in [3.63, 3.8) is 0 Å². The van der Waals surface area contributed by atoms with Crippen LogP contribution in [0.2, 0.25) is 5.02 Å². The minimum atomic E-state index is -0.584.